The Kier molecular flexibility index (Phi) is 6.61. The first-order valence-electron chi connectivity index (χ1n) is 9.22. The van der Waals surface area contributed by atoms with Gasteiger partial charge in [0.25, 0.3) is 0 Å². The topological polar surface area (TPSA) is 71.5 Å². The summed E-state index contributed by atoms with van der Waals surface area (Å²) >= 11 is 1.59. The van der Waals surface area contributed by atoms with E-state index in [1.165, 1.54) is 7.11 Å². The van der Waals surface area contributed by atoms with Crippen LogP contribution in [0.3, 0.4) is 0 Å². The first-order chi connectivity index (χ1) is 14.0. The van der Waals surface area contributed by atoms with E-state index < -0.39 is 5.97 Å². The summed E-state index contributed by atoms with van der Waals surface area (Å²) in [6, 6.07) is 14.5. The van der Waals surface area contributed by atoms with Crippen molar-refractivity contribution in [3.05, 3.63) is 71.2 Å². The van der Waals surface area contributed by atoms with Crippen molar-refractivity contribution >= 4 is 29.0 Å². The van der Waals surface area contributed by atoms with Crippen LogP contribution in [0.4, 0.5) is 10.5 Å². The Morgan fingerprint density at radius 2 is 1.93 bits per heavy atom. The third-order valence-electron chi connectivity index (χ3n) is 4.40. The molecule has 0 atom stereocenters. The lowest BCUT2D eigenvalue weighted by molar-refractivity contribution is 0.0600. The second-order valence-electron chi connectivity index (χ2n) is 6.76. The largest absolute Gasteiger partial charge is 0.465 e. The second-order valence-corrected chi connectivity index (χ2v) is 7.65. The molecule has 0 saturated carbocycles. The molecule has 7 heteroatoms. The summed E-state index contributed by atoms with van der Waals surface area (Å²) in [4.78, 5) is 30.5. The van der Waals surface area contributed by atoms with Gasteiger partial charge in [0.05, 0.1) is 12.7 Å². The number of carbonyl (C=O) groups excluding carboxylic acids is 2. The van der Waals surface area contributed by atoms with Gasteiger partial charge in [-0.25, -0.2) is 14.6 Å². The zero-order valence-electron chi connectivity index (χ0n) is 16.6. The molecule has 0 bridgehead atoms. The maximum Gasteiger partial charge on any atom is 0.337 e. The number of hydrogen-bond acceptors (Lipinski definition) is 5. The smallest absolute Gasteiger partial charge is 0.337 e. The van der Waals surface area contributed by atoms with Crippen LogP contribution < -0.4 is 5.32 Å². The highest BCUT2D eigenvalue weighted by Crippen LogP contribution is 2.23. The molecule has 0 fully saturated rings. The number of carbonyl (C=O) groups is 2. The highest BCUT2D eigenvalue weighted by Gasteiger charge is 2.18. The van der Waals surface area contributed by atoms with Gasteiger partial charge in [0, 0.05) is 35.4 Å². The van der Waals surface area contributed by atoms with E-state index in [-0.39, 0.29) is 12.1 Å². The van der Waals surface area contributed by atoms with Crippen LogP contribution in [0.25, 0.3) is 10.6 Å². The van der Waals surface area contributed by atoms with Crippen LogP contribution >= 0.6 is 11.3 Å². The number of rotatable bonds is 6. The number of esters is 1. The number of nitrogens with one attached hydrogen (secondary N) is 1. The summed E-state index contributed by atoms with van der Waals surface area (Å²) in [5.74, 6) is -0.410. The van der Waals surface area contributed by atoms with Crippen molar-refractivity contribution in [3.63, 3.8) is 0 Å². The van der Waals surface area contributed by atoms with Gasteiger partial charge in [-0.2, -0.15) is 0 Å². The van der Waals surface area contributed by atoms with Gasteiger partial charge >= 0.3 is 12.0 Å². The molecule has 0 aliphatic heterocycles. The molecule has 1 N–H and O–H groups in total. The summed E-state index contributed by atoms with van der Waals surface area (Å²) in [5, 5.41) is 5.80. The minimum Gasteiger partial charge on any atom is -0.465 e. The van der Waals surface area contributed by atoms with E-state index in [1.807, 2.05) is 37.4 Å². The number of ether oxygens (including phenoxy) is 1. The van der Waals surface area contributed by atoms with E-state index in [2.05, 4.69) is 16.4 Å². The molecule has 0 aliphatic rings. The molecule has 0 unspecified atom stereocenters. The number of nitrogens with zero attached hydrogens (tertiary/aromatic N) is 2. The number of benzene rings is 2. The number of hydrogen-bond donors (Lipinski definition) is 1. The number of aromatic nitrogens is 1. The standard InChI is InChI=1S/C22H23N3O3S/c1-15(2)25(14-16-5-4-6-18(13-16)20-23-11-12-29-20)22(27)24-19-9-7-17(8-10-19)21(26)28-3/h4-13,15H,14H2,1-3H3,(H,24,27). The molecule has 2 aromatic carbocycles. The minimum absolute atomic E-state index is 0.00728. The predicted molar refractivity (Wildman–Crippen MR) is 115 cm³/mol. The third kappa shape index (κ3) is 5.20. The average molecular weight is 410 g/mol. The molecule has 0 spiro atoms. The van der Waals surface area contributed by atoms with Crippen LogP contribution in [0.5, 0.6) is 0 Å². The van der Waals surface area contributed by atoms with Gasteiger partial charge in [0.1, 0.15) is 5.01 Å². The Balaban J connectivity index is 1.72. The van der Waals surface area contributed by atoms with Crippen LogP contribution in [0.15, 0.2) is 60.1 Å². The zero-order chi connectivity index (χ0) is 20.8. The van der Waals surface area contributed by atoms with Gasteiger partial charge in [0.2, 0.25) is 0 Å². The number of methoxy groups -OCH3 is 1. The van der Waals surface area contributed by atoms with Crippen molar-refractivity contribution < 1.29 is 14.3 Å². The average Bonchev–Trinajstić information content (AvgIpc) is 3.27. The minimum atomic E-state index is -0.410. The van der Waals surface area contributed by atoms with E-state index in [0.29, 0.717) is 17.8 Å². The number of anilines is 1. The van der Waals surface area contributed by atoms with Crippen molar-refractivity contribution in [1.29, 1.82) is 0 Å². The Morgan fingerprint density at radius 1 is 1.17 bits per heavy atom. The fraction of sp³-hybridized carbons (Fsp3) is 0.227. The van der Waals surface area contributed by atoms with Gasteiger partial charge < -0.3 is 15.0 Å². The van der Waals surface area contributed by atoms with Crippen LogP contribution in [-0.2, 0) is 11.3 Å². The predicted octanol–water partition coefficient (Wildman–Crippen LogP) is 5.04. The molecular formula is C22H23N3O3S. The van der Waals surface area contributed by atoms with E-state index in [1.54, 1.807) is 46.7 Å². The third-order valence-corrected chi connectivity index (χ3v) is 5.22. The lowest BCUT2D eigenvalue weighted by Gasteiger charge is -2.27. The molecule has 6 nitrogen and oxygen atoms in total. The SMILES string of the molecule is COC(=O)c1ccc(NC(=O)N(Cc2cccc(-c3nccs3)c2)C(C)C)cc1. The Morgan fingerprint density at radius 3 is 2.55 bits per heavy atom. The van der Waals surface area contributed by atoms with E-state index in [0.717, 1.165) is 16.1 Å². The summed E-state index contributed by atoms with van der Waals surface area (Å²) in [6.45, 7) is 4.43. The summed E-state index contributed by atoms with van der Waals surface area (Å²) in [6.07, 6.45) is 1.78. The van der Waals surface area contributed by atoms with Gasteiger partial charge in [0.15, 0.2) is 0 Å². The molecule has 1 heterocycles. The van der Waals surface area contributed by atoms with Crippen molar-refractivity contribution in [2.45, 2.75) is 26.4 Å². The van der Waals surface area contributed by atoms with Crippen LogP contribution in [0, 0.1) is 0 Å². The monoisotopic (exact) mass is 409 g/mol. The fourth-order valence-electron chi connectivity index (χ4n) is 2.86. The van der Waals surface area contributed by atoms with Crippen molar-refractivity contribution in [2.24, 2.45) is 0 Å². The maximum absolute atomic E-state index is 12.9. The molecule has 150 valence electrons. The van der Waals surface area contributed by atoms with Crippen LogP contribution in [0.1, 0.15) is 29.8 Å². The quantitative estimate of drug-likeness (QED) is 0.579. The molecule has 2 amide bonds. The van der Waals surface area contributed by atoms with Gasteiger partial charge in [-0.15, -0.1) is 11.3 Å². The molecule has 1 aromatic heterocycles. The lowest BCUT2D eigenvalue weighted by Crippen LogP contribution is -2.39. The Bertz CT molecular complexity index is 969. The molecule has 3 aromatic rings. The first-order valence-corrected chi connectivity index (χ1v) is 10.1. The summed E-state index contributed by atoms with van der Waals surface area (Å²) in [5.41, 5.74) is 3.12. The van der Waals surface area contributed by atoms with Crippen molar-refractivity contribution in [2.75, 3.05) is 12.4 Å². The highest BCUT2D eigenvalue weighted by atomic mass is 32.1. The van der Waals surface area contributed by atoms with Crippen LogP contribution in [0.2, 0.25) is 0 Å². The Hall–Kier alpha value is -3.19. The van der Waals surface area contributed by atoms with Gasteiger partial charge in [-0.3, -0.25) is 0 Å². The summed E-state index contributed by atoms with van der Waals surface area (Å²) < 4.78 is 4.69. The van der Waals surface area contributed by atoms with Crippen LogP contribution in [-0.4, -0.2) is 35.0 Å². The van der Waals surface area contributed by atoms with Crippen molar-refractivity contribution in [3.8, 4) is 10.6 Å². The lowest BCUT2D eigenvalue weighted by atomic mass is 10.1. The van der Waals surface area contributed by atoms with E-state index >= 15 is 0 Å². The van der Waals surface area contributed by atoms with Gasteiger partial charge in [-0.05, 0) is 49.7 Å². The molecule has 0 aliphatic carbocycles. The first kappa shape index (κ1) is 20.5. The van der Waals surface area contributed by atoms with E-state index in [4.69, 9.17) is 4.74 Å². The Labute approximate surface area is 174 Å². The highest BCUT2D eigenvalue weighted by molar-refractivity contribution is 7.13. The fourth-order valence-corrected chi connectivity index (χ4v) is 3.49. The molecule has 0 saturated heterocycles. The summed E-state index contributed by atoms with van der Waals surface area (Å²) in [7, 11) is 1.34. The number of thiazole rings is 1. The normalized spacial score (nSPS) is 10.6. The maximum atomic E-state index is 12.9. The molecular weight excluding hydrogens is 386 g/mol. The van der Waals surface area contributed by atoms with E-state index in [9.17, 15) is 9.59 Å². The number of urea groups is 1. The second kappa shape index (κ2) is 9.34. The molecule has 0 radical (unpaired) electrons. The van der Waals surface area contributed by atoms with Crippen molar-refractivity contribution in [1.82, 2.24) is 9.88 Å². The van der Waals surface area contributed by atoms with Gasteiger partial charge in [-0.1, -0.05) is 18.2 Å². The zero-order valence-corrected chi connectivity index (χ0v) is 17.4. The molecule has 29 heavy (non-hydrogen) atoms. The molecule has 3 rings (SSSR count). The number of amides is 2.